The van der Waals surface area contributed by atoms with E-state index in [0.717, 1.165) is 12.5 Å². The molecule has 3 aromatic rings. The molecule has 0 saturated carbocycles. The third-order valence-electron chi connectivity index (χ3n) is 3.60. The average Bonchev–Trinajstić information content (AvgIpc) is 2.59. The van der Waals surface area contributed by atoms with Crippen LogP contribution >= 0.6 is 0 Å². The molecule has 0 aliphatic heterocycles. The molecule has 2 aromatic heterocycles. The van der Waals surface area contributed by atoms with E-state index in [1.165, 1.54) is 24.4 Å². The first-order chi connectivity index (χ1) is 12.4. The number of ether oxygens (including phenoxy) is 1. The molecular weight excluding hydrogens is 349 g/mol. The van der Waals surface area contributed by atoms with E-state index < -0.39 is 17.7 Å². The number of nitrogens with zero attached hydrogens (tertiary/aromatic N) is 1. The molecule has 0 amide bonds. The van der Waals surface area contributed by atoms with Crippen molar-refractivity contribution < 1.29 is 22.3 Å². The maximum Gasteiger partial charge on any atom is 0.573 e. The first-order valence-corrected chi connectivity index (χ1v) is 7.91. The van der Waals surface area contributed by atoms with Gasteiger partial charge in [-0.05, 0) is 24.6 Å². The Hall–Kier alpha value is -3.03. The highest BCUT2D eigenvalue weighted by Gasteiger charge is 2.33. The summed E-state index contributed by atoms with van der Waals surface area (Å²) in [5.41, 5.74) is 0.0694. The number of rotatable bonds is 5. The van der Waals surface area contributed by atoms with Gasteiger partial charge in [0.15, 0.2) is 5.58 Å². The monoisotopic (exact) mass is 364 g/mol. The average molecular weight is 364 g/mol. The molecule has 136 valence electrons. The van der Waals surface area contributed by atoms with Crippen molar-refractivity contribution in [1.29, 1.82) is 0 Å². The number of aromatic nitrogens is 1. The SMILES string of the molecule is CCCNc1c(-c2ccccc2OC(F)(F)F)c(=O)oc2cccnc12. The third-order valence-corrected chi connectivity index (χ3v) is 3.60. The Labute approximate surface area is 146 Å². The second-order valence-electron chi connectivity index (χ2n) is 5.46. The summed E-state index contributed by atoms with van der Waals surface area (Å²) in [4.78, 5) is 16.8. The summed E-state index contributed by atoms with van der Waals surface area (Å²) in [6.45, 7) is 2.43. The van der Waals surface area contributed by atoms with Crippen LogP contribution < -0.4 is 15.7 Å². The number of para-hydroxylation sites is 1. The van der Waals surface area contributed by atoms with Crippen LogP contribution in [0.15, 0.2) is 51.8 Å². The van der Waals surface area contributed by atoms with Crippen molar-refractivity contribution in [3.8, 4) is 16.9 Å². The van der Waals surface area contributed by atoms with Gasteiger partial charge in [-0.15, -0.1) is 13.2 Å². The van der Waals surface area contributed by atoms with Crippen LogP contribution in [0.3, 0.4) is 0 Å². The second-order valence-corrected chi connectivity index (χ2v) is 5.46. The molecule has 0 bridgehead atoms. The molecule has 2 heterocycles. The maximum atomic E-state index is 12.7. The lowest BCUT2D eigenvalue weighted by molar-refractivity contribution is -0.274. The van der Waals surface area contributed by atoms with Crippen LogP contribution in [0.1, 0.15) is 13.3 Å². The Balaban J connectivity index is 2.28. The minimum atomic E-state index is -4.89. The fourth-order valence-corrected chi connectivity index (χ4v) is 2.59. The van der Waals surface area contributed by atoms with Gasteiger partial charge in [-0.25, -0.2) is 4.79 Å². The van der Waals surface area contributed by atoms with Gasteiger partial charge < -0.3 is 14.5 Å². The Morgan fingerprint density at radius 1 is 1.19 bits per heavy atom. The maximum absolute atomic E-state index is 12.7. The minimum absolute atomic E-state index is 0.0234. The highest BCUT2D eigenvalue weighted by atomic mass is 19.4. The van der Waals surface area contributed by atoms with E-state index in [1.54, 1.807) is 12.1 Å². The number of halogens is 3. The van der Waals surface area contributed by atoms with Crippen molar-refractivity contribution in [2.45, 2.75) is 19.7 Å². The summed E-state index contributed by atoms with van der Waals surface area (Å²) >= 11 is 0. The van der Waals surface area contributed by atoms with Crippen LogP contribution in [0, 0.1) is 0 Å². The molecule has 0 aliphatic carbocycles. The number of pyridine rings is 1. The Morgan fingerprint density at radius 3 is 2.69 bits per heavy atom. The topological polar surface area (TPSA) is 64.4 Å². The summed E-state index contributed by atoms with van der Waals surface area (Å²) in [7, 11) is 0. The summed E-state index contributed by atoms with van der Waals surface area (Å²) in [5, 5.41) is 3.08. The Bertz CT molecular complexity index is 983. The van der Waals surface area contributed by atoms with Crippen molar-refractivity contribution >= 4 is 16.8 Å². The smallest absolute Gasteiger partial charge is 0.420 e. The fraction of sp³-hybridized carbons (Fsp3) is 0.222. The van der Waals surface area contributed by atoms with Crippen molar-refractivity contribution in [3.05, 3.63) is 53.0 Å². The highest BCUT2D eigenvalue weighted by Crippen LogP contribution is 2.38. The molecule has 0 atom stereocenters. The van der Waals surface area contributed by atoms with Gasteiger partial charge >= 0.3 is 12.0 Å². The fourth-order valence-electron chi connectivity index (χ4n) is 2.59. The van der Waals surface area contributed by atoms with E-state index in [4.69, 9.17) is 4.42 Å². The van der Waals surface area contributed by atoms with Gasteiger partial charge in [-0.3, -0.25) is 4.98 Å². The first kappa shape index (κ1) is 17.8. The van der Waals surface area contributed by atoms with E-state index in [1.807, 2.05) is 6.92 Å². The van der Waals surface area contributed by atoms with Gasteiger partial charge in [0.2, 0.25) is 0 Å². The van der Waals surface area contributed by atoms with Crippen LogP contribution in [0.5, 0.6) is 5.75 Å². The molecule has 3 rings (SSSR count). The number of alkyl halides is 3. The lowest BCUT2D eigenvalue weighted by Crippen LogP contribution is -2.18. The normalized spacial score (nSPS) is 11.5. The molecule has 0 radical (unpaired) electrons. The first-order valence-electron chi connectivity index (χ1n) is 7.91. The number of nitrogens with one attached hydrogen (secondary N) is 1. The molecule has 1 aromatic carbocycles. The number of hydrogen-bond acceptors (Lipinski definition) is 5. The van der Waals surface area contributed by atoms with Gasteiger partial charge in [0.05, 0.1) is 11.3 Å². The van der Waals surface area contributed by atoms with E-state index >= 15 is 0 Å². The van der Waals surface area contributed by atoms with E-state index in [-0.39, 0.29) is 16.7 Å². The minimum Gasteiger partial charge on any atom is -0.420 e. The molecule has 0 unspecified atom stereocenters. The number of benzene rings is 1. The molecule has 0 saturated heterocycles. The Kier molecular flexibility index (Phi) is 4.83. The zero-order chi connectivity index (χ0) is 18.7. The van der Waals surface area contributed by atoms with Gasteiger partial charge in [0, 0.05) is 18.3 Å². The van der Waals surface area contributed by atoms with E-state index in [0.29, 0.717) is 17.7 Å². The zero-order valence-corrected chi connectivity index (χ0v) is 13.8. The van der Waals surface area contributed by atoms with Gasteiger partial charge in [-0.2, -0.15) is 0 Å². The summed E-state index contributed by atoms with van der Waals surface area (Å²) in [6.07, 6.45) is -2.63. The van der Waals surface area contributed by atoms with Gasteiger partial charge in [-0.1, -0.05) is 25.1 Å². The molecule has 0 spiro atoms. The molecule has 26 heavy (non-hydrogen) atoms. The van der Waals surface area contributed by atoms with Gasteiger partial charge in [0.1, 0.15) is 11.3 Å². The van der Waals surface area contributed by atoms with E-state index in [2.05, 4.69) is 15.0 Å². The lowest BCUT2D eigenvalue weighted by atomic mass is 10.0. The Morgan fingerprint density at radius 2 is 1.96 bits per heavy atom. The summed E-state index contributed by atoms with van der Waals surface area (Å²) < 4.78 is 47.6. The van der Waals surface area contributed by atoms with Crippen LogP contribution in [0.25, 0.3) is 22.2 Å². The highest BCUT2D eigenvalue weighted by molar-refractivity contribution is 5.96. The molecule has 0 fully saturated rings. The van der Waals surface area contributed by atoms with E-state index in [9.17, 15) is 18.0 Å². The summed E-state index contributed by atoms with van der Waals surface area (Å²) in [5.74, 6) is -0.484. The van der Waals surface area contributed by atoms with Crippen molar-refractivity contribution in [1.82, 2.24) is 4.98 Å². The van der Waals surface area contributed by atoms with Crippen LogP contribution in [-0.2, 0) is 0 Å². The molecular formula is C18H15F3N2O3. The quantitative estimate of drug-likeness (QED) is 0.718. The van der Waals surface area contributed by atoms with Crippen molar-refractivity contribution in [2.24, 2.45) is 0 Å². The number of anilines is 1. The molecule has 8 heteroatoms. The largest absolute Gasteiger partial charge is 0.573 e. The third kappa shape index (κ3) is 3.63. The van der Waals surface area contributed by atoms with Crippen molar-refractivity contribution in [2.75, 3.05) is 11.9 Å². The number of hydrogen-bond donors (Lipinski definition) is 1. The molecule has 5 nitrogen and oxygen atoms in total. The standard InChI is InChI=1S/C18H15F3N2O3/c1-2-9-22-16-14(17(24)25-13-8-5-10-23-15(13)16)11-6-3-4-7-12(11)26-18(19,20)21/h3-8,10,22H,2,9H2,1H3. The predicted octanol–water partition coefficient (Wildman–Crippen LogP) is 4.58. The zero-order valence-electron chi connectivity index (χ0n) is 13.8. The lowest BCUT2D eigenvalue weighted by Gasteiger charge is -2.16. The van der Waals surface area contributed by atoms with Crippen LogP contribution in [0.2, 0.25) is 0 Å². The van der Waals surface area contributed by atoms with Gasteiger partial charge in [0.25, 0.3) is 0 Å². The molecule has 1 N–H and O–H groups in total. The molecule has 0 aliphatic rings. The predicted molar refractivity (Wildman–Crippen MR) is 91.2 cm³/mol. The van der Waals surface area contributed by atoms with Crippen LogP contribution in [0.4, 0.5) is 18.9 Å². The number of fused-ring (bicyclic) bond motifs is 1. The second kappa shape index (κ2) is 7.07. The summed E-state index contributed by atoms with van der Waals surface area (Å²) in [6, 6.07) is 8.61. The van der Waals surface area contributed by atoms with Crippen LogP contribution in [-0.4, -0.2) is 17.9 Å². The van der Waals surface area contributed by atoms with Crippen molar-refractivity contribution in [3.63, 3.8) is 0 Å².